The van der Waals surface area contributed by atoms with Gasteiger partial charge in [-0.15, -0.1) is 0 Å². The Hall–Kier alpha value is -2.14. The van der Waals surface area contributed by atoms with Gasteiger partial charge in [0.1, 0.15) is 18.2 Å². The number of H-pyrrole nitrogens is 1. The fourth-order valence-corrected chi connectivity index (χ4v) is 2.26. The number of hydrogen-bond acceptors (Lipinski definition) is 4. The maximum absolute atomic E-state index is 11.7. The number of nitrogens with one attached hydrogen (secondary N) is 1. The summed E-state index contributed by atoms with van der Waals surface area (Å²) in [5.41, 5.74) is 3.34. The molecule has 0 aliphatic rings. The summed E-state index contributed by atoms with van der Waals surface area (Å²) in [5.74, 6) is 1.21. The van der Waals surface area contributed by atoms with E-state index in [0.29, 0.717) is 17.3 Å². The molecule has 106 valence electrons. The fourth-order valence-electron chi connectivity index (χ4n) is 2.26. The van der Waals surface area contributed by atoms with Crippen molar-refractivity contribution in [3.63, 3.8) is 0 Å². The summed E-state index contributed by atoms with van der Waals surface area (Å²) < 4.78 is 10.4. The molecule has 1 N–H and O–H groups in total. The molecule has 0 atom stereocenters. The van der Waals surface area contributed by atoms with Gasteiger partial charge in [0, 0.05) is 18.7 Å². The van der Waals surface area contributed by atoms with Crippen molar-refractivity contribution in [2.75, 3.05) is 14.2 Å². The van der Waals surface area contributed by atoms with Gasteiger partial charge in [0.05, 0.1) is 12.8 Å². The molecule has 0 saturated heterocycles. The van der Waals surface area contributed by atoms with E-state index >= 15 is 0 Å². The quantitative estimate of drug-likeness (QED) is 0.928. The first kappa shape index (κ1) is 14.3. The molecule has 20 heavy (non-hydrogen) atoms. The van der Waals surface area contributed by atoms with Crippen LogP contribution in [0.4, 0.5) is 0 Å². The van der Waals surface area contributed by atoms with Crippen LogP contribution in [-0.2, 0) is 11.3 Å². The molecule has 5 heteroatoms. The number of aryl methyl sites for hydroxylation is 2. The lowest BCUT2D eigenvalue weighted by molar-refractivity contribution is 0.177. The van der Waals surface area contributed by atoms with Crippen molar-refractivity contribution in [3.8, 4) is 17.0 Å². The Morgan fingerprint density at radius 3 is 2.60 bits per heavy atom. The van der Waals surface area contributed by atoms with Crippen molar-refractivity contribution in [1.29, 1.82) is 0 Å². The predicted octanol–water partition coefficient (Wildman–Crippen LogP) is 2.21. The summed E-state index contributed by atoms with van der Waals surface area (Å²) in [7, 11) is 3.17. The van der Waals surface area contributed by atoms with E-state index in [2.05, 4.69) is 9.97 Å². The molecule has 0 radical (unpaired) electrons. The Morgan fingerprint density at radius 2 is 1.95 bits per heavy atom. The number of aromatic nitrogens is 2. The Kier molecular flexibility index (Phi) is 4.20. The third kappa shape index (κ3) is 2.88. The van der Waals surface area contributed by atoms with Crippen LogP contribution in [0, 0.1) is 13.8 Å². The Balaban J connectivity index is 2.64. The van der Waals surface area contributed by atoms with Gasteiger partial charge in [-0.3, -0.25) is 4.79 Å². The van der Waals surface area contributed by atoms with Crippen LogP contribution < -0.4 is 10.3 Å². The van der Waals surface area contributed by atoms with E-state index in [1.165, 1.54) is 6.07 Å². The average Bonchev–Trinajstić information content (AvgIpc) is 2.37. The van der Waals surface area contributed by atoms with Gasteiger partial charge in [-0.1, -0.05) is 6.07 Å². The summed E-state index contributed by atoms with van der Waals surface area (Å²) in [6.07, 6.45) is 0. The molecular weight excluding hydrogens is 256 g/mol. The molecule has 0 aliphatic heterocycles. The molecule has 0 fully saturated rings. The molecular formula is C15H18N2O3. The van der Waals surface area contributed by atoms with E-state index in [1.54, 1.807) is 14.2 Å². The van der Waals surface area contributed by atoms with Crippen LogP contribution in [0.2, 0.25) is 0 Å². The zero-order chi connectivity index (χ0) is 14.7. The van der Waals surface area contributed by atoms with Crippen molar-refractivity contribution in [3.05, 3.63) is 45.5 Å². The second kappa shape index (κ2) is 5.88. The van der Waals surface area contributed by atoms with Gasteiger partial charge in [-0.05, 0) is 31.0 Å². The van der Waals surface area contributed by atoms with Gasteiger partial charge in [-0.25, -0.2) is 4.98 Å². The molecule has 5 nitrogen and oxygen atoms in total. The van der Waals surface area contributed by atoms with Crippen molar-refractivity contribution >= 4 is 0 Å². The maximum Gasteiger partial charge on any atom is 0.251 e. The van der Waals surface area contributed by atoms with Gasteiger partial charge in [-0.2, -0.15) is 0 Å². The van der Waals surface area contributed by atoms with Crippen LogP contribution >= 0.6 is 0 Å². The molecule has 1 aromatic carbocycles. The summed E-state index contributed by atoms with van der Waals surface area (Å²) in [5, 5.41) is 0. The molecule has 2 aromatic rings. The molecule has 0 amide bonds. The van der Waals surface area contributed by atoms with Crippen molar-refractivity contribution < 1.29 is 9.47 Å². The highest BCUT2D eigenvalue weighted by atomic mass is 16.5. The number of aromatic amines is 1. The second-order valence-electron chi connectivity index (χ2n) is 4.67. The summed E-state index contributed by atoms with van der Waals surface area (Å²) >= 11 is 0. The number of benzene rings is 1. The third-order valence-electron chi connectivity index (χ3n) is 2.99. The van der Waals surface area contributed by atoms with Crippen molar-refractivity contribution in [2.45, 2.75) is 20.5 Å². The fraction of sp³-hybridized carbons (Fsp3) is 0.333. The molecule has 0 bridgehead atoms. The minimum atomic E-state index is -0.205. The highest BCUT2D eigenvalue weighted by Crippen LogP contribution is 2.32. The Labute approximate surface area is 117 Å². The highest BCUT2D eigenvalue weighted by molar-refractivity contribution is 5.71. The van der Waals surface area contributed by atoms with Crippen LogP contribution in [0.5, 0.6) is 5.75 Å². The predicted molar refractivity (Wildman–Crippen MR) is 77.0 cm³/mol. The second-order valence-corrected chi connectivity index (χ2v) is 4.67. The van der Waals surface area contributed by atoms with Gasteiger partial charge >= 0.3 is 0 Å². The molecule has 0 spiro atoms. The maximum atomic E-state index is 11.7. The first-order valence-corrected chi connectivity index (χ1v) is 6.30. The van der Waals surface area contributed by atoms with E-state index in [0.717, 1.165) is 16.7 Å². The van der Waals surface area contributed by atoms with Gasteiger partial charge in [0.2, 0.25) is 0 Å². The van der Waals surface area contributed by atoms with Crippen molar-refractivity contribution in [2.24, 2.45) is 0 Å². The van der Waals surface area contributed by atoms with Crippen LogP contribution in [0.3, 0.4) is 0 Å². The number of hydrogen-bond donors (Lipinski definition) is 1. The lowest BCUT2D eigenvalue weighted by atomic mass is 10.0. The normalized spacial score (nSPS) is 10.6. The lowest BCUT2D eigenvalue weighted by Gasteiger charge is -2.13. The minimum Gasteiger partial charge on any atom is -0.496 e. The zero-order valence-corrected chi connectivity index (χ0v) is 12.1. The van der Waals surface area contributed by atoms with Crippen LogP contribution in [0.25, 0.3) is 11.3 Å². The van der Waals surface area contributed by atoms with E-state index in [-0.39, 0.29) is 12.2 Å². The Bertz CT molecular complexity index is 677. The lowest BCUT2D eigenvalue weighted by Crippen LogP contribution is -2.12. The van der Waals surface area contributed by atoms with Crippen LogP contribution in [0.1, 0.15) is 17.0 Å². The van der Waals surface area contributed by atoms with E-state index in [4.69, 9.17) is 9.47 Å². The van der Waals surface area contributed by atoms with Crippen molar-refractivity contribution in [1.82, 2.24) is 9.97 Å². The number of nitrogens with zero attached hydrogens (tertiary/aromatic N) is 1. The molecule has 0 aliphatic carbocycles. The topological polar surface area (TPSA) is 64.2 Å². The highest BCUT2D eigenvalue weighted by Gasteiger charge is 2.13. The first-order valence-electron chi connectivity index (χ1n) is 6.30. The van der Waals surface area contributed by atoms with Gasteiger partial charge in [0.25, 0.3) is 5.56 Å². The molecule has 0 saturated carbocycles. The largest absolute Gasteiger partial charge is 0.496 e. The number of methoxy groups -OCH3 is 2. The Morgan fingerprint density at radius 1 is 1.20 bits per heavy atom. The van der Waals surface area contributed by atoms with E-state index in [9.17, 15) is 4.79 Å². The first-order chi connectivity index (χ1) is 9.55. The van der Waals surface area contributed by atoms with Gasteiger partial charge < -0.3 is 14.5 Å². The number of ether oxygens (including phenoxy) is 2. The van der Waals surface area contributed by atoms with Gasteiger partial charge in [0.15, 0.2) is 0 Å². The summed E-state index contributed by atoms with van der Waals surface area (Å²) in [4.78, 5) is 18.8. The van der Waals surface area contributed by atoms with Crippen LogP contribution in [-0.4, -0.2) is 24.2 Å². The average molecular weight is 274 g/mol. The SMILES string of the molecule is COCc1nc(-c2c(C)cc(C)cc2OC)cc(=O)[nH]1. The zero-order valence-electron chi connectivity index (χ0n) is 12.1. The minimum absolute atomic E-state index is 0.205. The number of rotatable bonds is 4. The third-order valence-corrected chi connectivity index (χ3v) is 2.99. The molecule has 1 heterocycles. The monoisotopic (exact) mass is 274 g/mol. The molecule has 1 aromatic heterocycles. The summed E-state index contributed by atoms with van der Waals surface area (Å²) in [6.45, 7) is 4.24. The van der Waals surface area contributed by atoms with E-state index < -0.39 is 0 Å². The van der Waals surface area contributed by atoms with E-state index in [1.807, 2.05) is 26.0 Å². The van der Waals surface area contributed by atoms with Crippen LogP contribution in [0.15, 0.2) is 23.0 Å². The smallest absolute Gasteiger partial charge is 0.251 e. The molecule has 0 unspecified atom stereocenters. The summed E-state index contributed by atoms with van der Waals surface area (Å²) in [6, 6.07) is 5.44. The standard InChI is InChI=1S/C15H18N2O3/c1-9-5-10(2)15(12(6-9)20-4)11-7-14(18)17-13(16-11)8-19-3/h5-7H,8H2,1-4H3,(H,16,17,18). The molecule has 2 rings (SSSR count).